The number of carbonyl (C=O) groups is 2. The van der Waals surface area contributed by atoms with Crippen LogP contribution in [0.3, 0.4) is 0 Å². The lowest BCUT2D eigenvalue weighted by Crippen LogP contribution is -2.36. The Labute approximate surface area is 185 Å². The van der Waals surface area contributed by atoms with Gasteiger partial charge in [-0.15, -0.1) is 0 Å². The van der Waals surface area contributed by atoms with Gasteiger partial charge in [-0.05, 0) is 57.2 Å². The molecule has 2 aromatic heterocycles. The minimum atomic E-state index is -0.551. The summed E-state index contributed by atoms with van der Waals surface area (Å²) in [5, 5.41) is 8.42. The van der Waals surface area contributed by atoms with Gasteiger partial charge in [-0.3, -0.25) is 9.59 Å². The molecular weight excluding hydrogens is 404 g/mol. The molecular formula is C25H22N4O3. The van der Waals surface area contributed by atoms with Crippen molar-refractivity contribution < 1.29 is 14.3 Å². The minimum Gasteiger partial charge on any atom is -0.487 e. The fourth-order valence-electron chi connectivity index (χ4n) is 3.92. The number of benzene rings is 2. The van der Waals surface area contributed by atoms with E-state index in [1.165, 1.54) is 0 Å². The minimum absolute atomic E-state index is 0.0350. The van der Waals surface area contributed by atoms with Crippen LogP contribution in [0.4, 0.5) is 5.82 Å². The van der Waals surface area contributed by atoms with Crippen LogP contribution in [0, 0.1) is 6.92 Å². The third kappa shape index (κ3) is 3.62. The van der Waals surface area contributed by atoms with E-state index in [4.69, 9.17) is 4.74 Å². The number of Topliss-reactive ketones (excluding diaryl/α,β-unsaturated/α-hetero) is 1. The van der Waals surface area contributed by atoms with Crippen LogP contribution in [0.1, 0.15) is 46.7 Å². The lowest BCUT2D eigenvalue weighted by molar-refractivity contribution is 0.0620. The van der Waals surface area contributed by atoms with Gasteiger partial charge in [-0.2, -0.15) is 9.78 Å². The predicted molar refractivity (Wildman–Crippen MR) is 122 cm³/mol. The van der Waals surface area contributed by atoms with Crippen LogP contribution in [0.25, 0.3) is 16.7 Å². The van der Waals surface area contributed by atoms with Gasteiger partial charge in [0.05, 0.1) is 23.2 Å². The van der Waals surface area contributed by atoms with E-state index < -0.39 is 5.60 Å². The second-order valence-electron chi connectivity index (χ2n) is 8.57. The Morgan fingerprint density at radius 1 is 1.09 bits per heavy atom. The van der Waals surface area contributed by atoms with E-state index in [1.54, 1.807) is 28.9 Å². The average Bonchev–Trinajstić information content (AvgIpc) is 3.12. The molecule has 0 saturated carbocycles. The van der Waals surface area contributed by atoms with Crippen molar-refractivity contribution in [3.63, 3.8) is 0 Å². The molecule has 4 aromatic rings. The van der Waals surface area contributed by atoms with E-state index in [1.807, 2.05) is 57.2 Å². The molecule has 1 aliphatic rings. The monoisotopic (exact) mass is 426 g/mol. The van der Waals surface area contributed by atoms with Gasteiger partial charge in [0.25, 0.3) is 5.91 Å². The summed E-state index contributed by atoms with van der Waals surface area (Å²) >= 11 is 0. The van der Waals surface area contributed by atoms with Crippen LogP contribution in [0.2, 0.25) is 0 Å². The number of ether oxygens (including phenoxy) is 1. The number of hydrogen-bond donors (Lipinski definition) is 1. The van der Waals surface area contributed by atoms with E-state index in [0.717, 1.165) is 16.6 Å². The summed E-state index contributed by atoms with van der Waals surface area (Å²) < 4.78 is 7.49. The second kappa shape index (κ2) is 7.30. The molecule has 32 heavy (non-hydrogen) atoms. The van der Waals surface area contributed by atoms with Gasteiger partial charge < -0.3 is 10.1 Å². The number of aromatic nitrogens is 3. The van der Waals surface area contributed by atoms with Crippen molar-refractivity contribution in [3.8, 4) is 11.6 Å². The number of hydrogen-bond acceptors (Lipinski definition) is 5. The van der Waals surface area contributed by atoms with Crippen molar-refractivity contribution in [2.24, 2.45) is 0 Å². The molecule has 7 nitrogen and oxygen atoms in total. The van der Waals surface area contributed by atoms with Crippen LogP contribution in [0.5, 0.6) is 5.75 Å². The van der Waals surface area contributed by atoms with Crippen LogP contribution >= 0.6 is 0 Å². The number of rotatable bonds is 3. The highest BCUT2D eigenvalue weighted by molar-refractivity contribution is 6.07. The summed E-state index contributed by atoms with van der Waals surface area (Å²) in [5.74, 6) is 1.23. The Balaban J connectivity index is 1.46. The van der Waals surface area contributed by atoms with E-state index in [2.05, 4.69) is 15.4 Å². The highest BCUT2D eigenvalue weighted by Gasteiger charge is 2.33. The standard InChI is InChI=1S/C25H22N4O3/c1-15-12-23(29(28-15)22-11-9-16-6-4-5-7-19(16)26-22)27-24(31)17-8-10-21-18(13-17)20(30)14-25(2,3)32-21/h4-13H,14H2,1-3H3,(H,27,31). The summed E-state index contributed by atoms with van der Waals surface area (Å²) in [4.78, 5) is 30.2. The number of ketones is 1. The topological polar surface area (TPSA) is 86.1 Å². The van der Waals surface area contributed by atoms with E-state index >= 15 is 0 Å². The van der Waals surface area contributed by atoms with E-state index in [-0.39, 0.29) is 18.1 Å². The number of carbonyl (C=O) groups excluding carboxylic acids is 2. The summed E-state index contributed by atoms with van der Waals surface area (Å²) in [6.45, 7) is 5.60. The number of nitrogens with one attached hydrogen (secondary N) is 1. The highest BCUT2D eigenvalue weighted by Crippen LogP contribution is 2.33. The zero-order valence-corrected chi connectivity index (χ0v) is 18.0. The number of para-hydroxylation sites is 1. The molecule has 7 heteroatoms. The normalized spacial score (nSPS) is 14.7. The fraction of sp³-hybridized carbons (Fsp3) is 0.200. The molecule has 0 radical (unpaired) electrons. The predicted octanol–water partition coefficient (Wildman–Crippen LogP) is 4.73. The lowest BCUT2D eigenvalue weighted by Gasteiger charge is -2.31. The smallest absolute Gasteiger partial charge is 0.256 e. The number of fused-ring (bicyclic) bond motifs is 2. The Bertz CT molecular complexity index is 1390. The first kappa shape index (κ1) is 19.9. The van der Waals surface area contributed by atoms with Crippen molar-refractivity contribution in [2.45, 2.75) is 32.8 Å². The Hall–Kier alpha value is -4.00. The maximum absolute atomic E-state index is 13.0. The van der Waals surface area contributed by atoms with E-state index in [0.29, 0.717) is 28.5 Å². The third-order valence-corrected chi connectivity index (χ3v) is 5.39. The number of pyridine rings is 1. The molecule has 0 aliphatic carbocycles. The Kier molecular flexibility index (Phi) is 4.55. The molecule has 1 N–H and O–H groups in total. The fourth-order valence-corrected chi connectivity index (χ4v) is 3.92. The average molecular weight is 426 g/mol. The number of anilines is 1. The molecule has 1 aliphatic heterocycles. The molecule has 0 bridgehead atoms. The van der Waals surface area contributed by atoms with Gasteiger partial charge in [0.15, 0.2) is 11.6 Å². The van der Waals surface area contributed by atoms with Crippen molar-refractivity contribution in [1.82, 2.24) is 14.8 Å². The summed E-state index contributed by atoms with van der Waals surface area (Å²) in [6.07, 6.45) is 0.269. The quantitative estimate of drug-likeness (QED) is 0.512. The first-order chi connectivity index (χ1) is 15.3. The molecule has 5 rings (SSSR count). The first-order valence-electron chi connectivity index (χ1n) is 10.4. The zero-order valence-electron chi connectivity index (χ0n) is 18.0. The second-order valence-corrected chi connectivity index (χ2v) is 8.57. The van der Waals surface area contributed by atoms with Crippen molar-refractivity contribution >= 4 is 28.4 Å². The Morgan fingerprint density at radius 3 is 2.75 bits per heavy atom. The van der Waals surface area contributed by atoms with Gasteiger partial charge in [0, 0.05) is 17.0 Å². The number of aryl methyl sites for hydroxylation is 1. The largest absolute Gasteiger partial charge is 0.487 e. The van der Waals surface area contributed by atoms with E-state index in [9.17, 15) is 9.59 Å². The van der Waals surface area contributed by atoms with Crippen LogP contribution in [0.15, 0.2) is 60.7 Å². The maximum Gasteiger partial charge on any atom is 0.256 e. The van der Waals surface area contributed by atoms with Crippen LogP contribution in [-0.2, 0) is 0 Å². The molecule has 1 amide bonds. The van der Waals surface area contributed by atoms with Gasteiger partial charge in [0.2, 0.25) is 0 Å². The van der Waals surface area contributed by atoms with Crippen molar-refractivity contribution in [1.29, 1.82) is 0 Å². The third-order valence-electron chi connectivity index (χ3n) is 5.39. The molecule has 0 atom stereocenters. The molecule has 0 spiro atoms. The lowest BCUT2D eigenvalue weighted by atomic mass is 9.92. The van der Waals surface area contributed by atoms with Crippen molar-refractivity contribution in [2.75, 3.05) is 5.32 Å². The van der Waals surface area contributed by atoms with Gasteiger partial charge in [-0.25, -0.2) is 4.98 Å². The highest BCUT2D eigenvalue weighted by atomic mass is 16.5. The summed E-state index contributed by atoms with van der Waals surface area (Å²) in [7, 11) is 0. The summed E-state index contributed by atoms with van der Waals surface area (Å²) in [5.41, 5.74) is 1.83. The molecule has 0 saturated heterocycles. The molecule has 160 valence electrons. The number of nitrogens with zero attached hydrogens (tertiary/aromatic N) is 3. The maximum atomic E-state index is 13.0. The van der Waals surface area contributed by atoms with Crippen molar-refractivity contribution in [3.05, 3.63) is 77.5 Å². The molecule has 0 unspecified atom stereocenters. The van der Waals surface area contributed by atoms with Crippen LogP contribution in [-0.4, -0.2) is 32.1 Å². The SMILES string of the molecule is Cc1cc(NC(=O)c2ccc3c(c2)C(=O)CC(C)(C)O3)n(-c2ccc3ccccc3n2)n1. The number of amides is 1. The van der Waals surface area contributed by atoms with Gasteiger partial charge in [0.1, 0.15) is 17.2 Å². The Morgan fingerprint density at radius 2 is 1.91 bits per heavy atom. The van der Waals surface area contributed by atoms with Crippen LogP contribution < -0.4 is 10.1 Å². The van der Waals surface area contributed by atoms with Gasteiger partial charge >= 0.3 is 0 Å². The first-order valence-corrected chi connectivity index (χ1v) is 10.4. The van der Waals surface area contributed by atoms with Gasteiger partial charge in [-0.1, -0.05) is 18.2 Å². The molecule has 3 heterocycles. The molecule has 2 aromatic carbocycles. The molecule has 0 fully saturated rings. The zero-order chi connectivity index (χ0) is 22.5. The summed E-state index contributed by atoms with van der Waals surface area (Å²) in [6, 6.07) is 18.3.